The molecule has 0 aromatic heterocycles. The third-order valence-electron chi connectivity index (χ3n) is 1.85. The van der Waals surface area contributed by atoms with Gasteiger partial charge in [0.25, 0.3) is 0 Å². The average molecular weight is 139 g/mol. The first kappa shape index (κ1) is 7.48. The third kappa shape index (κ3) is 1.95. The van der Waals surface area contributed by atoms with Crippen LogP contribution < -0.4 is 5.73 Å². The Bertz CT molecular complexity index is 142. The van der Waals surface area contributed by atoms with E-state index in [4.69, 9.17) is 5.73 Å². The summed E-state index contributed by atoms with van der Waals surface area (Å²) in [6.07, 6.45) is 7.70. The molecule has 1 aliphatic rings. The number of carbonyl (C=O) groups is 1. The van der Waals surface area contributed by atoms with Gasteiger partial charge in [0.1, 0.15) is 6.29 Å². The van der Waals surface area contributed by atoms with Gasteiger partial charge in [-0.1, -0.05) is 12.2 Å². The SMILES string of the molecule is NC1CC=CC(CC=O)C1. The number of nitrogens with two attached hydrogens (primary N) is 1. The molecule has 0 heterocycles. The van der Waals surface area contributed by atoms with Crippen molar-refractivity contribution in [2.45, 2.75) is 25.3 Å². The molecular weight excluding hydrogens is 126 g/mol. The van der Waals surface area contributed by atoms with Gasteiger partial charge in [-0.15, -0.1) is 0 Å². The second-order valence-corrected chi connectivity index (χ2v) is 2.82. The molecule has 2 unspecified atom stereocenters. The summed E-state index contributed by atoms with van der Waals surface area (Å²) in [4.78, 5) is 10.1. The molecule has 1 aliphatic carbocycles. The van der Waals surface area contributed by atoms with E-state index < -0.39 is 0 Å². The Morgan fingerprint density at radius 3 is 3.10 bits per heavy atom. The summed E-state index contributed by atoms with van der Waals surface area (Å²) in [7, 11) is 0. The van der Waals surface area contributed by atoms with Crippen molar-refractivity contribution in [1.82, 2.24) is 0 Å². The zero-order chi connectivity index (χ0) is 7.40. The Balaban J connectivity index is 2.38. The van der Waals surface area contributed by atoms with Crippen LogP contribution in [0.4, 0.5) is 0 Å². The highest BCUT2D eigenvalue weighted by Crippen LogP contribution is 2.17. The quantitative estimate of drug-likeness (QED) is 0.455. The molecular formula is C8H13NO. The third-order valence-corrected chi connectivity index (χ3v) is 1.85. The molecule has 2 heteroatoms. The summed E-state index contributed by atoms with van der Waals surface area (Å²) < 4.78 is 0. The van der Waals surface area contributed by atoms with E-state index in [1.54, 1.807) is 0 Å². The highest BCUT2D eigenvalue weighted by molar-refractivity contribution is 5.50. The molecule has 2 atom stereocenters. The predicted octanol–water partition coefficient (Wildman–Crippen LogP) is 0.869. The maximum Gasteiger partial charge on any atom is 0.120 e. The number of rotatable bonds is 2. The van der Waals surface area contributed by atoms with E-state index in [1.165, 1.54) is 0 Å². The van der Waals surface area contributed by atoms with E-state index >= 15 is 0 Å². The van der Waals surface area contributed by atoms with Crippen LogP contribution in [0.3, 0.4) is 0 Å². The van der Waals surface area contributed by atoms with Crippen molar-refractivity contribution in [3.05, 3.63) is 12.2 Å². The number of allylic oxidation sites excluding steroid dienone is 1. The first-order valence-electron chi connectivity index (χ1n) is 3.69. The van der Waals surface area contributed by atoms with Gasteiger partial charge >= 0.3 is 0 Å². The number of carbonyl (C=O) groups excluding carboxylic acids is 1. The molecule has 0 aromatic carbocycles. The summed E-state index contributed by atoms with van der Waals surface area (Å²) >= 11 is 0. The fraction of sp³-hybridized carbons (Fsp3) is 0.625. The minimum absolute atomic E-state index is 0.273. The van der Waals surface area contributed by atoms with Gasteiger partial charge in [-0.2, -0.15) is 0 Å². The Morgan fingerprint density at radius 1 is 1.70 bits per heavy atom. The van der Waals surface area contributed by atoms with Crippen molar-refractivity contribution in [2.75, 3.05) is 0 Å². The second-order valence-electron chi connectivity index (χ2n) is 2.82. The molecule has 10 heavy (non-hydrogen) atoms. The van der Waals surface area contributed by atoms with Crippen LogP contribution in [0.25, 0.3) is 0 Å². The van der Waals surface area contributed by atoms with Crippen molar-refractivity contribution in [1.29, 1.82) is 0 Å². The number of aldehydes is 1. The fourth-order valence-corrected chi connectivity index (χ4v) is 1.31. The fourth-order valence-electron chi connectivity index (χ4n) is 1.31. The van der Waals surface area contributed by atoms with Gasteiger partial charge in [0.05, 0.1) is 0 Å². The average Bonchev–Trinajstić information content (AvgIpc) is 1.88. The number of hydrogen-bond acceptors (Lipinski definition) is 2. The Labute approximate surface area is 61.1 Å². The smallest absolute Gasteiger partial charge is 0.120 e. The predicted molar refractivity (Wildman–Crippen MR) is 40.5 cm³/mol. The van der Waals surface area contributed by atoms with Gasteiger partial charge in [0, 0.05) is 12.5 Å². The zero-order valence-corrected chi connectivity index (χ0v) is 5.99. The number of hydrogen-bond donors (Lipinski definition) is 1. The normalized spacial score (nSPS) is 32.1. The van der Waals surface area contributed by atoms with Crippen molar-refractivity contribution in [3.63, 3.8) is 0 Å². The Morgan fingerprint density at radius 2 is 2.50 bits per heavy atom. The summed E-state index contributed by atoms with van der Waals surface area (Å²) in [6.45, 7) is 0. The largest absolute Gasteiger partial charge is 0.327 e. The van der Waals surface area contributed by atoms with Gasteiger partial charge in [-0.3, -0.25) is 0 Å². The zero-order valence-electron chi connectivity index (χ0n) is 5.99. The molecule has 56 valence electrons. The van der Waals surface area contributed by atoms with Crippen LogP contribution in [0.5, 0.6) is 0 Å². The lowest BCUT2D eigenvalue weighted by atomic mass is 9.90. The summed E-state index contributed by atoms with van der Waals surface area (Å²) in [5.74, 6) is 0.404. The molecule has 2 N–H and O–H groups in total. The minimum atomic E-state index is 0.273. The van der Waals surface area contributed by atoms with Crippen molar-refractivity contribution >= 4 is 6.29 Å². The highest BCUT2D eigenvalue weighted by Gasteiger charge is 2.13. The van der Waals surface area contributed by atoms with Crippen molar-refractivity contribution in [2.24, 2.45) is 11.7 Å². The summed E-state index contributed by atoms with van der Waals surface area (Å²) in [5.41, 5.74) is 5.69. The van der Waals surface area contributed by atoms with Crippen LogP contribution in [-0.2, 0) is 4.79 Å². The van der Waals surface area contributed by atoms with E-state index in [9.17, 15) is 4.79 Å². The first-order chi connectivity index (χ1) is 4.83. The van der Waals surface area contributed by atoms with E-state index in [0.29, 0.717) is 12.3 Å². The first-order valence-corrected chi connectivity index (χ1v) is 3.69. The Kier molecular flexibility index (Phi) is 2.63. The molecule has 0 saturated heterocycles. The van der Waals surface area contributed by atoms with Gasteiger partial charge in [-0.25, -0.2) is 0 Å². The van der Waals surface area contributed by atoms with E-state index in [2.05, 4.69) is 12.2 Å². The van der Waals surface area contributed by atoms with E-state index in [0.717, 1.165) is 19.1 Å². The van der Waals surface area contributed by atoms with E-state index in [1.807, 2.05) is 0 Å². The monoisotopic (exact) mass is 139 g/mol. The molecule has 0 bridgehead atoms. The molecule has 0 aromatic rings. The summed E-state index contributed by atoms with van der Waals surface area (Å²) in [5, 5.41) is 0. The highest BCUT2D eigenvalue weighted by atomic mass is 16.1. The second kappa shape index (κ2) is 3.52. The van der Waals surface area contributed by atoms with Gasteiger partial charge in [-0.05, 0) is 18.8 Å². The molecule has 1 rings (SSSR count). The molecule has 0 saturated carbocycles. The topological polar surface area (TPSA) is 43.1 Å². The van der Waals surface area contributed by atoms with E-state index in [-0.39, 0.29) is 6.04 Å². The van der Waals surface area contributed by atoms with Crippen LogP contribution in [0, 0.1) is 5.92 Å². The lowest BCUT2D eigenvalue weighted by molar-refractivity contribution is -0.108. The standard InChI is InChI=1S/C8H13NO/c9-8-3-1-2-7(6-8)4-5-10/h1-2,5,7-8H,3-4,6,9H2. The van der Waals surface area contributed by atoms with Crippen LogP contribution in [-0.4, -0.2) is 12.3 Å². The maximum absolute atomic E-state index is 10.1. The molecule has 0 radical (unpaired) electrons. The molecule has 0 amide bonds. The van der Waals surface area contributed by atoms with Crippen LogP contribution in [0.15, 0.2) is 12.2 Å². The summed E-state index contributed by atoms with van der Waals surface area (Å²) in [6, 6.07) is 0.273. The minimum Gasteiger partial charge on any atom is -0.327 e. The van der Waals surface area contributed by atoms with Crippen molar-refractivity contribution < 1.29 is 4.79 Å². The molecule has 2 nitrogen and oxygen atoms in total. The molecule has 0 spiro atoms. The van der Waals surface area contributed by atoms with Crippen LogP contribution in [0.1, 0.15) is 19.3 Å². The van der Waals surface area contributed by atoms with Crippen molar-refractivity contribution in [3.8, 4) is 0 Å². The maximum atomic E-state index is 10.1. The molecule has 0 fully saturated rings. The van der Waals surface area contributed by atoms with Gasteiger partial charge < -0.3 is 10.5 Å². The van der Waals surface area contributed by atoms with Gasteiger partial charge in [0.15, 0.2) is 0 Å². The lowest BCUT2D eigenvalue weighted by Crippen LogP contribution is -2.25. The Hall–Kier alpha value is -0.630. The van der Waals surface area contributed by atoms with Crippen LogP contribution >= 0.6 is 0 Å². The van der Waals surface area contributed by atoms with Gasteiger partial charge in [0.2, 0.25) is 0 Å². The van der Waals surface area contributed by atoms with Crippen LogP contribution in [0.2, 0.25) is 0 Å². The molecule has 0 aliphatic heterocycles. The lowest BCUT2D eigenvalue weighted by Gasteiger charge is -2.19.